The van der Waals surface area contributed by atoms with Gasteiger partial charge in [0.05, 0.1) is 6.33 Å². The van der Waals surface area contributed by atoms with Gasteiger partial charge in [0.25, 0.3) is 7.37 Å². The first-order chi connectivity index (χ1) is 9.71. The van der Waals surface area contributed by atoms with Crippen molar-refractivity contribution in [2.75, 3.05) is 0 Å². The van der Waals surface area contributed by atoms with Crippen LogP contribution in [0.3, 0.4) is 0 Å². The predicted molar refractivity (Wildman–Crippen MR) is 80.6 cm³/mol. The van der Waals surface area contributed by atoms with Crippen LogP contribution in [0.15, 0.2) is 79.4 Å². The number of aromatic nitrogens is 2. The maximum Gasteiger partial charge on any atom is 0.258 e. The van der Waals surface area contributed by atoms with Crippen molar-refractivity contribution in [1.82, 2.24) is 9.97 Å². The van der Waals surface area contributed by atoms with E-state index in [1.807, 2.05) is 12.1 Å². The Hall–Kier alpha value is -2.16. The molecule has 0 aliphatic carbocycles. The summed E-state index contributed by atoms with van der Waals surface area (Å²) in [5, 5.41) is 0.937. The molecule has 0 saturated carbocycles. The fourth-order valence-corrected chi connectivity index (χ4v) is 3.07. The van der Waals surface area contributed by atoms with Crippen LogP contribution in [0.25, 0.3) is 0 Å². The summed E-state index contributed by atoms with van der Waals surface area (Å²) in [5.41, 5.74) is 0. The fourth-order valence-electron chi connectivity index (χ4n) is 1.62. The second-order valence-corrected chi connectivity index (χ2v) is 6.19. The summed E-state index contributed by atoms with van der Waals surface area (Å²) in [6, 6.07) is 17.4. The Kier molecular flexibility index (Phi) is 4.88. The zero-order valence-corrected chi connectivity index (χ0v) is 11.6. The number of imidazole rings is 1. The SMILES string of the molecule is O=P(O)(c1ccccc1)c1ccccc1.c1c[nH]cn1. The Bertz CT molecular complexity index is 594. The van der Waals surface area contributed by atoms with Gasteiger partial charge in [-0.15, -0.1) is 0 Å². The quantitative estimate of drug-likeness (QED) is 0.710. The molecule has 3 rings (SSSR count). The van der Waals surface area contributed by atoms with Crippen molar-refractivity contribution in [2.24, 2.45) is 0 Å². The number of hydrogen-bond donors (Lipinski definition) is 2. The minimum absolute atomic E-state index is 0.469. The highest BCUT2D eigenvalue weighted by Gasteiger charge is 2.22. The Morgan fingerprint density at radius 2 is 1.40 bits per heavy atom. The highest BCUT2D eigenvalue weighted by atomic mass is 31.2. The molecule has 2 aromatic carbocycles. The molecule has 1 aromatic heterocycles. The van der Waals surface area contributed by atoms with E-state index >= 15 is 0 Å². The van der Waals surface area contributed by atoms with E-state index in [9.17, 15) is 9.46 Å². The molecule has 20 heavy (non-hydrogen) atoms. The summed E-state index contributed by atoms with van der Waals surface area (Å²) in [6.07, 6.45) is 5.08. The molecule has 0 atom stereocenters. The van der Waals surface area contributed by atoms with E-state index in [1.54, 1.807) is 67.3 Å². The average molecular weight is 286 g/mol. The van der Waals surface area contributed by atoms with E-state index in [2.05, 4.69) is 9.97 Å². The van der Waals surface area contributed by atoms with Crippen molar-refractivity contribution < 1.29 is 9.46 Å². The maximum absolute atomic E-state index is 12.2. The second-order valence-electron chi connectivity index (χ2n) is 4.01. The van der Waals surface area contributed by atoms with Gasteiger partial charge in [0.15, 0.2) is 0 Å². The van der Waals surface area contributed by atoms with Gasteiger partial charge >= 0.3 is 0 Å². The summed E-state index contributed by atoms with van der Waals surface area (Å²) in [7, 11) is -3.40. The number of nitrogens with one attached hydrogen (secondary N) is 1. The van der Waals surface area contributed by atoms with Crippen LogP contribution in [0, 0.1) is 0 Å². The standard InChI is InChI=1S/C12H11O2P.C3H4N2/c13-15(14,11-7-3-1-4-8-11)12-9-5-2-6-10-12;1-2-5-3-4-1/h1-10H,(H,13,14);1-3H,(H,4,5). The minimum atomic E-state index is -3.40. The van der Waals surface area contributed by atoms with Crippen LogP contribution in [0.1, 0.15) is 0 Å². The van der Waals surface area contributed by atoms with E-state index in [1.165, 1.54) is 0 Å². The summed E-state index contributed by atoms with van der Waals surface area (Å²) < 4.78 is 12.2. The maximum atomic E-state index is 12.2. The molecule has 1 heterocycles. The highest BCUT2D eigenvalue weighted by molar-refractivity contribution is 7.73. The van der Waals surface area contributed by atoms with E-state index in [4.69, 9.17) is 0 Å². The molecule has 0 saturated heterocycles. The second kappa shape index (κ2) is 6.85. The van der Waals surface area contributed by atoms with Crippen LogP contribution in [0.5, 0.6) is 0 Å². The van der Waals surface area contributed by atoms with E-state index in [-0.39, 0.29) is 0 Å². The lowest BCUT2D eigenvalue weighted by Crippen LogP contribution is -2.14. The first-order valence-electron chi connectivity index (χ1n) is 6.08. The van der Waals surface area contributed by atoms with E-state index < -0.39 is 7.37 Å². The molecule has 5 heteroatoms. The molecule has 0 aliphatic rings. The zero-order chi connectivity index (χ0) is 14.3. The van der Waals surface area contributed by atoms with Crippen molar-refractivity contribution >= 4 is 18.0 Å². The van der Waals surface area contributed by atoms with Gasteiger partial charge in [-0.2, -0.15) is 0 Å². The summed E-state index contributed by atoms with van der Waals surface area (Å²) in [4.78, 5) is 16.4. The first-order valence-corrected chi connectivity index (χ1v) is 7.74. The van der Waals surface area contributed by atoms with Crippen molar-refractivity contribution in [3.05, 3.63) is 79.4 Å². The molecule has 0 bridgehead atoms. The Morgan fingerprint density at radius 1 is 0.900 bits per heavy atom. The first kappa shape index (κ1) is 14.3. The molecule has 0 spiro atoms. The monoisotopic (exact) mass is 286 g/mol. The van der Waals surface area contributed by atoms with Crippen LogP contribution in [0.2, 0.25) is 0 Å². The number of nitrogens with zero attached hydrogens (tertiary/aromatic N) is 1. The third-order valence-corrected chi connectivity index (χ3v) is 4.61. The Morgan fingerprint density at radius 3 is 1.70 bits per heavy atom. The largest absolute Gasteiger partial charge is 0.351 e. The summed E-state index contributed by atoms with van der Waals surface area (Å²) in [5.74, 6) is 0. The number of benzene rings is 2. The summed E-state index contributed by atoms with van der Waals surface area (Å²) >= 11 is 0. The number of aromatic amines is 1. The van der Waals surface area contributed by atoms with E-state index in [0.29, 0.717) is 10.6 Å². The number of hydrogen-bond acceptors (Lipinski definition) is 2. The molecule has 0 unspecified atom stereocenters. The van der Waals surface area contributed by atoms with Gasteiger partial charge in [-0.1, -0.05) is 36.4 Å². The third kappa shape index (κ3) is 3.67. The fraction of sp³-hybridized carbons (Fsp3) is 0. The number of H-pyrrole nitrogens is 1. The van der Waals surface area contributed by atoms with Crippen LogP contribution >= 0.6 is 7.37 Å². The van der Waals surface area contributed by atoms with Crippen LogP contribution in [-0.4, -0.2) is 14.9 Å². The molecular weight excluding hydrogens is 271 g/mol. The molecular formula is C15H15N2O2P. The molecule has 102 valence electrons. The highest BCUT2D eigenvalue weighted by Crippen LogP contribution is 2.37. The average Bonchev–Trinajstić information content (AvgIpc) is 3.09. The molecule has 2 N–H and O–H groups in total. The predicted octanol–water partition coefficient (Wildman–Crippen LogP) is 2.32. The topological polar surface area (TPSA) is 66.0 Å². The van der Waals surface area contributed by atoms with Gasteiger partial charge < -0.3 is 9.88 Å². The van der Waals surface area contributed by atoms with Crippen LogP contribution < -0.4 is 10.6 Å². The third-order valence-electron chi connectivity index (χ3n) is 2.62. The van der Waals surface area contributed by atoms with Gasteiger partial charge in [-0.05, 0) is 24.3 Å². The molecule has 0 fully saturated rings. The lowest BCUT2D eigenvalue weighted by Gasteiger charge is -2.11. The number of rotatable bonds is 2. The minimum Gasteiger partial charge on any atom is -0.351 e. The van der Waals surface area contributed by atoms with Gasteiger partial charge in [-0.25, -0.2) is 4.98 Å². The molecule has 0 radical (unpaired) electrons. The van der Waals surface area contributed by atoms with Crippen molar-refractivity contribution in [3.8, 4) is 0 Å². The summed E-state index contributed by atoms with van der Waals surface area (Å²) in [6.45, 7) is 0. The molecule has 4 nitrogen and oxygen atoms in total. The Balaban J connectivity index is 0.000000247. The van der Waals surface area contributed by atoms with Crippen LogP contribution in [-0.2, 0) is 4.57 Å². The lowest BCUT2D eigenvalue weighted by molar-refractivity contribution is 0.501. The molecule has 0 aliphatic heterocycles. The molecule has 0 amide bonds. The van der Waals surface area contributed by atoms with E-state index in [0.717, 1.165) is 0 Å². The van der Waals surface area contributed by atoms with Gasteiger partial charge in [0.1, 0.15) is 0 Å². The van der Waals surface area contributed by atoms with Gasteiger partial charge in [0, 0.05) is 23.0 Å². The smallest absolute Gasteiger partial charge is 0.258 e. The van der Waals surface area contributed by atoms with Crippen LogP contribution in [0.4, 0.5) is 0 Å². The molecule has 3 aromatic rings. The van der Waals surface area contributed by atoms with Crippen molar-refractivity contribution in [3.63, 3.8) is 0 Å². The lowest BCUT2D eigenvalue weighted by atomic mass is 10.4. The van der Waals surface area contributed by atoms with Gasteiger partial charge in [-0.3, -0.25) is 4.57 Å². The van der Waals surface area contributed by atoms with Crippen molar-refractivity contribution in [2.45, 2.75) is 0 Å². The zero-order valence-electron chi connectivity index (χ0n) is 10.8. The van der Waals surface area contributed by atoms with Gasteiger partial charge in [0.2, 0.25) is 0 Å². The normalized spacial score (nSPS) is 10.4. The Labute approximate surface area is 117 Å². The van der Waals surface area contributed by atoms with Crippen molar-refractivity contribution in [1.29, 1.82) is 0 Å².